The molecule has 0 saturated carbocycles. The number of para-hydroxylation sites is 1. The van der Waals surface area contributed by atoms with E-state index >= 15 is 0 Å². The Morgan fingerprint density at radius 3 is 2.87 bits per heavy atom. The molecule has 6 nitrogen and oxygen atoms in total. The minimum atomic E-state index is -0.0261. The third-order valence-electron chi connectivity index (χ3n) is 5.76. The SMILES string of the molecule is CCCCC(Cc1coc2ccccc12)NC(=O)c1cnc(N2CCN(C)CC2)s1. The molecule has 1 unspecified atom stereocenters. The molecule has 2 aromatic heterocycles. The molecule has 0 spiro atoms. The van der Waals surface area contributed by atoms with Gasteiger partial charge in [-0.1, -0.05) is 49.3 Å². The van der Waals surface area contributed by atoms with E-state index in [0.29, 0.717) is 4.88 Å². The van der Waals surface area contributed by atoms with Gasteiger partial charge in [-0.2, -0.15) is 0 Å². The van der Waals surface area contributed by atoms with Gasteiger partial charge < -0.3 is 19.5 Å². The van der Waals surface area contributed by atoms with Gasteiger partial charge in [0.1, 0.15) is 10.5 Å². The summed E-state index contributed by atoms with van der Waals surface area (Å²) in [6.45, 7) is 6.14. The van der Waals surface area contributed by atoms with Crippen LogP contribution in [0.2, 0.25) is 0 Å². The maximum absolute atomic E-state index is 13.0. The summed E-state index contributed by atoms with van der Waals surface area (Å²) in [7, 11) is 2.14. The van der Waals surface area contributed by atoms with Gasteiger partial charge in [0.25, 0.3) is 5.91 Å². The number of likely N-dealkylation sites (N-methyl/N-ethyl adjacent to an activating group) is 1. The number of nitrogens with zero attached hydrogens (tertiary/aromatic N) is 3. The molecule has 160 valence electrons. The second kappa shape index (κ2) is 9.62. The number of carbonyl (C=O) groups excluding carboxylic acids is 1. The molecule has 30 heavy (non-hydrogen) atoms. The van der Waals surface area contributed by atoms with Gasteiger partial charge in [0.05, 0.1) is 12.5 Å². The van der Waals surface area contributed by atoms with Crippen LogP contribution in [0.25, 0.3) is 11.0 Å². The minimum Gasteiger partial charge on any atom is -0.464 e. The van der Waals surface area contributed by atoms with Crippen molar-refractivity contribution in [3.8, 4) is 0 Å². The fourth-order valence-corrected chi connectivity index (χ4v) is 4.77. The number of piperazine rings is 1. The predicted octanol–water partition coefficient (Wildman–Crippen LogP) is 4.17. The Bertz CT molecular complexity index is 974. The molecule has 1 N–H and O–H groups in total. The van der Waals surface area contributed by atoms with E-state index in [1.165, 1.54) is 11.3 Å². The summed E-state index contributed by atoms with van der Waals surface area (Å²) in [5, 5.41) is 5.33. The van der Waals surface area contributed by atoms with E-state index in [9.17, 15) is 4.79 Å². The standard InChI is InChI=1S/C23H30N4O2S/c1-3-4-7-18(14-17-16-29-20-9-6-5-8-19(17)20)25-22(28)21-15-24-23(30-21)27-12-10-26(2)11-13-27/h5-6,8-9,15-16,18H,3-4,7,10-14H2,1-2H3,(H,25,28). The number of hydrogen-bond donors (Lipinski definition) is 1. The van der Waals surface area contributed by atoms with E-state index in [1.807, 2.05) is 24.5 Å². The van der Waals surface area contributed by atoms with E-state index in [4.69, 9.17) is 4.42 Å². The van der Waals surface area contributed by atoms with Crippen molar-refractivity contribution in [2.24, 2.45) is 0 Å². The van der Waals surface area contributed by atoms with Crippen LogP contribution in [0.4, 0.5) is 5.13 Å². The van der Waals surface area contributed by atoms with Crippen molar-refractivity contribution in [1.82, 2.24) is 15.2 Å². The lowest BCUT2D eigenvalue weighted by atomic mass is 10.0. The van der Waals surface area contributed by atoms with Crippen molar-refractivity contribution >= 4 is 33.3 Å². The number of hydrogen-bond acceptors (Lipinski definition) is 6. The fourth-order valence-electron chi connectivity index (χ4n) is 3.90. The quantitative estimate of drug-likeness (QED) is 0.586. The van der Waals surface area contributed by atoms with E-state index < -0.39 is 0 Å². The van der Waals surface area contributed by atoms with E-state index in [2.05, 4.69) is 40.1 Å². The molecular weight excluding hydrogens is 396 g/mol. The molecule has 1 saturated heterocycles. The number of nitrogens with one attached hydrogen (secondary N) is 1. The van der Waals surface area contributed by atoms with Crippen LogP contribution in [0.3, 0.4) is 0 Å². The topological polar surface area (TPSA) is 61.6 Å². The molecule has 3 aromatic rings. The molecule has 1 aliphatic rings. The van der Waals surface area contributed by atoms with Crippen molar-refractivity contribution in [2.45, 2.75) is 38.6 Å². The normalized spacial score (nSPS) is 16.1. The zero-order valence-corrected chi connectivity index (χ0v) is 18.6. The van der Waals surface area contributed by atoms with E-state index in [-0.39, 0.29) is 11.9 Å². The molecule has 7 heteroatoms. The molecule has 0 aliphatic carbocycles. The Kier molecular flexibility index (Phi) is 6.69. The summed E-state index contributed by atoms with van der Waals surface area (Å²) in [4.78, 5) is 22.8. The van der Waals surface area contributed by atoms with Crippen LogP contribution >= 0.6 is 11.3 Å². The number of benzene rings is 1. The van der Waals surface area contributed by atoms with E-state index in [1.54, 1.807) is 6.20 Å². The lowest BCUT2D eigenvalue weighted by Gasteiger charge is -2.32. The van der Waals surface area contributed by atoms with Gasteiger partial charge >= 0.3 is 0 Å². The fraction of sp³-hybridized carbons (Fsp3) is 0.478. The highest BCUT2D eigenvalue weighted by Crippen LogP contribution is 2.25. The number of aromatic nitrogens is 1. The first-order valence-electron chi connectivity index (χ1n) is 10.8. The van der Waals surface area contributed by atoms with Gasteiger partial charge in [-0.05, 0) is 26.0 Å². The number of anilines is 1. The number of thiazole rings is 1. The zero-order chi connectivity index (χ0) is 20.9. The zero-order valence-electron chi connectivity index (χ0n) is 17.8. The maximum atomic E-state index is 13.0. The van der Waals surface area contributed by atoms with Crippen LogP contribution < -0.4 is 10.2 Å². The number of amides is 1. The average molecular weight is 427 g/mol. The molecule has 3 heterocycles. The van der Waals surface area contributed by atoms with Crippen LogP contribution in [-0.2, 0) is 6.42 Å². The molecular formula is C23H30N4O2S. The lowest BCUT2D eigenvalue weighted by Crippen LogP contribution is -2.44. The van der Waals surface area contributed by atoms with Crippen molar-refractivity contribution in [3.63, 3.8) is 0 Å². The maximum Gasteiger partial charge on any atom is 0.263 e. The summed E-state index contributed by atoms with van der Waals surface area (Å²) in [6.07, 6.45) is 7.45. The van der Waals surface area contributed by atoms with Gasteiger partial charge in [-0.15, -0.1) is 0 Å². The highest BCUT2D eigenvalue weighted by molar-refractivity contribution is 7.17. The van der Waals surface area contributed by atoms with Crippen LogP contribution in [0, 0.1) is 0 Å². The van der Waals surface area contributed by atoms with Crippen molar-refractivity contribution < 1.29 is 9.21 Å². The van der Waals surface area contributed by atoms with Crippen molar-refractivity contribution in [2.75, 3.05) is 38.1 Å². The van der Waals surface area contributed by atoms with Crippen LogP contribution in [0.15, 0.2) is 41.1 Å². The van der Waals surface area contributed by atoms with E-state index in [0.717, 1.165) is 73.5 Å². The Balaban J connectivity index is 1.43. The summed E-state index contributed by atoms with van der Waals surface area (Å²) in [5.41, 5.74) is 2.04. The second-order valence-electron chi connectivity index (χ2n) is 8.07. The second-order valence-corrected chi connectivity index (χ2v) is 9.08. The summed E-state index contributed by atoms with van der Waals surface area (Å²) < 4.78 is 5.69. The molecule has 1 atom stereocenters. The smallest absolute Gasteiger partial charge is 0.263 e. The van der Waals surface area contributed by atoms with Gasteiger partial charge in [0.2, 0.25) is 0 Å². The Hall–Kier alpha value is -2.38. The monoisotopic (exact) mass is 426 g/mol. The highest BCUT2D eigenvalue weighted by Gasteiger charge is 2.21. The highest BCUT2D eigenvalue weighted by atomic mass is 32.1. The number of rotatable bonds is 8. The first kappa shape index (κ1) is 20.9. The minimum absolute atomic E-state index is 0.0261. The Labute approximate surface area is 181 Å². The first-order valence-corrected chi connectivity index (χ1v) is 11.6. The molecule has 0 radical (unpaired) electrons. The van der Waals surface area contributed by atoms with Gasteiger partial charge in [0.15, 0.2) is 5.13 Å². The number of fused-ring (bicyclic) bond motifs is 1. The average Bonchev–Trinajstić information content (AvgIpc) is 3.40. The van der Waals surface area contributed by atoms with Gasteiger partial charge in [-0.3, -0.25) is 4.79 Å². The Morgan fingerprint density at radius 1 is 1.27 bits per heavy atom. The van der Waals surface area contributed by atoms with Crippen LogP contribution in [0.1, 0.15) is 41.4 Å². The molecule has 1 fully saturated rings. The predicted molar refractivity (Wildman–Crippen MR) is 123 cm³/mol. The van der Waals surface area contributed by atoms with Crippen molar-refractivity contribution in [1.29, 1.82) is 0 Å². The lowest BCUT2D eigenvalue weighted by molar-refractivity contribution is 0.0938. The van der Waals surface area contributed by atoms with Gasteiger partial charge in [0, 0.05) is 43.2 Å². The van der Waals surface area contributed by atoms with Gasteiger partial charge in [-0.25, -0.2) is 4.98 Å². The van der Waals surface area contributed by atoms with Crippen LogP contribution in [-0.4, -0.2) is 55.1 Å². The summed E-state index contributed by atoms with van der Waals surface area (Å²) in [6, 6.07) is 8.15. The van der Waals surface area contributed by atoms with Crippen molar-refractivity contribution in [3.05, 3.63) is 47.2 Å². The molecule has 0 bridgehead atoms. The first-order chi connectivity index (χ1) is 14.6. The third-order valence-corrected chi connectivity index (χ3v) is 6.82. The summed E-state index contributed by atoms with van der Waals surface area (Å²) in [5.74, 6) is -0.0261. The molecule has 1 aliphatic heterocycles. The largest absolute Gasteiger partial charge is 0.464 e. The Morgan fingerprint density at radius 2 is 2.07 bits per heavy atom. The molecule has 1 amide bonds. The molecule has 4 rings (SSSR count). The number of unbranched alkanes of at least 4 members (excludes halogenated alkanes) is 1. The summed E-state index contributed by atoms with van der Waals surface area (Å²) >= 11 is 1.49. The number of carbonyl (C=O) groups is 1. The van der Waals surface area contributed by atoms with Crippen LogP contribution in [0.5, 0.6) is 0 Å². The third kappa shape index (κ3) is 4.84. The number of furan rings is 1. The molecule has 1 aromatic carbocycles.